The fourth-order valence-electron chi connectivity index (χ4n) is 2.91. The predicted molar refractivity (Wildman–Crippen MR) is 124 cm³/mol. The SMILES string of the molecule is COc1ccc(/C=C/C(=O)Nc2nnc(SCc3cccc4ccccc34)s2)cc1. The van der Waals surface area contributed by atoms with E-state index in [0.717, 1.165) is 21.4 Å². The van der Waals surface area contributed by atoms with E-state index in [4.69, 9.17) is 4.74 Å². The zero-order valence-electron chi connectivity index (χ0n) is 16.2. The molecule has 1 heterocycles. The predicted octanol–water partition coefficient (Wildman–Crippen LogP) is 5.64. The van der Waals surface area contributed by atoms with Gasteiger partial charge in [-0.25, -0.2) is 0 Å². The van der Waals surface area contributed by atoms with E-state index in [9.17, 15) is 4.79 Å². The first-order valence-corrected chi connectivity index (χ1v) is 11.1. The van der Waals surface area contributed by atoms with Gasteiger partial charge in [-0.1, -0.05) is 77.7 Å². The molecule has 0 radical (unpaired) electrons. The number of anilines is 1. The summed E-state index contributed by atoms with van der Waals surface area (Å²) in [6.07, 6.45) is 3.22. The van der Waals surface area contributed by atoms with Gasteiger partial charge < -0.3 is 4.74 Å². The molecule has 30 heavy (non-hydrogen) atoms. The molecule has 0 spiro atoms. The Morgan fingerprint density at radius 1 is 1.07 bits per heavy atom. The van der Waals surface area contributed by atoms with Crippen LogP contribution in [-0.4, -0.2) is 23.2 Å². The minimum Gasteiger partial charge on any atom is -0.497 e. The number of thioether (sulfide) groups is 1. The van der Waals surface area contributed by atoms with Crippen LogP contribution in [0.1, 0.15) is 11.1 Å². The summed E-state index contributed by atoms with van der Waals surface area (Å²) >= 11 is 2.98. The van der Waals surface area contributed by atoms with E-state index in [1.165, 1.54) is 33.7 Å². The highest BCUT2D eigenvalue weighted by Crippen LogP contribution is 2.30. The molecule has 150 valence electrons. The van der Waals surface area contributed by atoms with Crippen molar-refractivity contribution in [2.24, 2.45) is 0 Å². The molecular weight excluding hydrogens is 414 g/mol. The van der Waals surface area contributed by atoms with Gasteiger partial charge in [0.1, 0.15) is 5.75 Å². The lowest BCUT2D eigenvalue weighted by Crippen LogP contribution is -2.07. The minimum atomic E-state index is -0.243. The first kappa shape index (κ1) is 20.1. The molecule has 0 saturated carbocycles. The Kier molecular flexibility index (Phi) is 6.41. The van der Waals surface area contributed by atoms with Crippen molar-refractivity contribution in [2.45, 2.75) is 10.1 Å². The van der Waals surface area contributed by atoms with Crippen LogP contribution < -0.4 is 10.1 Å². The topological polar surface area (TPSA) is 64.1 Å². The van der Waals surface area contributed by atoms with E-state index in [2.05, 4.69) is 51.9 Å². The summed E-state index contributed by atoms with van der Waals surface area (Å²) in [5.74, 6) is 1.33. The third-order valence-corrected chi connectivity index (χ3v) is 6.43. The third kappa shape index (κ3) is 5.06. The zero-order chi connectivity index (χ0) is 20.8. The number of rotatable bonds is 7. The number of hydrogen-bond acceptors (Lipinski definition) is 6. The van der Waals surface area contributed by atoms with Crippen molar-refractivity contribution in [1.82, 2.24) is 10.2 Å². The molecule has 0 aliphatic carbocycles. The van der Waals surface area contributed by atoms with Crippen LogP contribution in [0.2, 0.25) is 0 Å². The van der Waals surface area contributed by atoms with Gasteiger partial charge in [0.25, 0.3) is 0 Å². The quantitative estimate of drug-likeness (QED) is 0.232. The number of ether oxygens (including phenoxy) is 1. The van der Waals surface area contributed by atoms with Gasteiger partial charge in [0.05, 0.1) is 7.11 Å². The number of benzene rings is 3. The maximum Gasteiger partial charge on any atom is 0.250 e. The second kappa shape index (κ2) is 9.56. The number of amides is 1. The van der Waals surface area contributed by atoms with Crippen molar-refractivity contribution in [1.29, 1.82) is 0 Å². The number of carbonyl (C=O) groups excluding carboxylic acids is 1. The molecule has 1 N–H and O–H groups in total. The highest BCUT2D eigenvalue weighted by Gasteiger charge is 2.08. The Hall–Kier alpha value is -3.16. The summed E-state index contributed by atoms with van der Waals surface area (Å²) in [5.41, 5.74) is 2.16. The Labute approximate surface area is 182 Å². The van der Waals surface area contributed by atoms with Crippen LogP contribution in [0, 0.1) is 0 Å². The van der Waals surface area contributed by atoms with Crippen LogP contribution in [-0.2, 0) is 10.5 Å². The lowest BCUT2D eigenvalue weighted by Gasteiger charge is -2.04. The third-order valence-electron chi connectivity index (χ3n) is 4.41. The number of fused-ring (bicyclic) bond motifs is 1. The van der Waals surface area contributed by atoms with Gasteiger partial charge >= 0.3 is 0 Å². The summed E-state index contributed by atoms with van der Waals surface area (Å²) in [5, 5.41) is 14.0. The molecule has 4 aromatic rings. The number of nitrogens with one attached hydrogen (secondary N) is 1. The summed E-state index contributed by atoms with van der Waals surface area (Å²) in [6.45, 7) is 0. The normalized spacial score (nSPS) is 11.1. The van der Waals surface area contributed by atoms with Crippen LogP contribution in [0.25, 0.3) is 16.8 Å². The fourth-order valence-corrected chi connectivity index (χ4v) is 4.67. The van der Waals surface area contributed by atoms with Crippen molar-refractivity contribution >= 4 is 51.0 Å². The average Bonchev–Trinajstić information content (AvgIpc) is 3.23. The Bertz CT molecular complexity index is 1180. The van der Waals surface area contributed by atoms with Gasteiger partial charge in [-0.3, -0.25) is 10.1 Å². The maximum absolute atomic E-state index is 12.2. The van der Waals surface area contributed by atoms with Crippen LogP contribution in [0.15, 0.2) is 77.1 Å². The lowest BCUT2D eigenvalue weighted by molar-refractivity contribution is -0.111. The van der Waals surface area contributed by atoms with Crippen LogP contribution in [0.5, 0.6) is 5.75 Å². The van der Waals surface area contributed by atoms with Crippen LogP contribution >= 0.6 is 23.1 Å². The summed E-state index contributed by atoms with van der Waals surface area (Å²) < 4.78 is 5.94. The molecule has 7 heteroatoms. The first-order chi connectivity index (χ1) is 14.7. The van der Waals surface area contributed by atoms with Crippen molar-refractivity contribution < 1.29 is 9.53 Å². The average molecular weight is 434 g/mol. The van der Waals surface area contributed by atoms with E-state index in [1.54, 1.807) is 24.9 Å². The second-order valence-electron chi connectivity index (χ2n) is 6.40. The second-order valence-corrected chi connectivity index (χ2v) is 8.60. The smallest absolute Gasteiger partial charge is 0.250 e. The molecule has 0 saturated heterocycles. The minimum absolute atomic E-state index is 0.243. The number of carbonyl (C=O) groups is 1. The van der Waals surface area contributed by atoms with E-state index in [1.807, 2.05) is 30.3 Å². The molecule has 0 aliphatic heterocycles. The highest BCUT2D eigenvalue weighted by atomic mass is 32.2. The number of methoxy groups -OCH3 is 1. The molecule has 4 rings (SSSR count). The van der Waals surface area contributed by atoms with Gasteiger partial charge in [0, 0.05) is 11.8 Å². The van der Waals surface area contributed by atoms with Crippen molar-refractivity contribution in [3.63, 3.8) is 0 Å². The largest absolute Gasteiger partial charge is 0.497 e. The van der Waals surface area contributed by atoms with Crippen LogP contribution in [0.4, 0.5) is 5.13 Å². The number of aromatic nitrogens is 2. The molecule has 0 aliphatic rings. The van der Waals surface area contributed by atoms with Gasteiger partial charge in [0.15, 0.2) is 4.34 Å². The fraction of sp³-hybridized carbons (Fsp3) is 0.0870. The zero-order valence-corrected chi connectivity index (χ0v) is 17.9. The Morgan fingerprint density at radius 3 is 2.70 bits per heavy atom. The van der Waals surface area contributed by atoms with Gasteiger partial charge in [-0.05, 0) is 40.1 Å². The summed E-state index contributed by atoms with van der Waals surface area (Å²) in [7, 11) is 1.62. The van der Waals surface area contributed by atoms with Gasteiger partial charge in [-0.2, -0.15) is 0 Å². The first-order valence-electron chi connectivity index (χ1n) is 9.27. The summed E-state index contributed by atoms with van der Waals surface area (Å²) in [4.78, 5) is 12.2. The van der Waals surface area contributed by atoms with Crippen molar-refractivity contribution in [3.05, 3.63) is 83.9 Å². The lowest BCUT2D eigenvalue weighted by atomic mass is 10.1. The van der Waals surface area contributed by atoms with E-state index in [-0.39, 0.29) is 5.91 Å². The molecule has 0 bridgehead atoms. The molecule has 5 nitrogen and oxygen atoms in total. The molecule has 0 fully saturated rings. The summed E-state index contributed by atoms with van der Waals surface area (Å²) in [6, 6.07) is 22.1. The monoisotopic (exact) mass is 433 g/mol. The standard InChI is InChI=1S/C23H19N3O2S2/c1-28-19-12-9-16(10-13-19)11-14-21(27)24-22-25-26-23(30-22)29-15-18-7-4-6-17-5-2-3-8-20(17)18/h2-14H,15H2,1H3,(H,24,25,27)/b14-11+. The molecular formula is C23H19N3O2S2. The Balaban J connectivity index is 1.34. The molecule has 1 amide bonds. The van der Waals surface area contributed by atoms with E-state index < -0.39 is 0 Å². The molecule has 0 atom stereocenters. The van der Waals surface area contributed by atoms with E-state index >= 15 is 0 Å². The van der Waals surface area contributed by atoms with Crippen molar-refractivity contribution in [3.8, 4) is 5.75 Å². The van der Waals surface area contributed by atoms with Crippen LogP contribution in [0.3, 0.4) is 0 Å². The molecule has 0 unspecified atom stereocenters. The Morgan fingerprint density at radius 2 is 1.87 bits per heavy atom. The number of hydrogen-bond donors (Lipinski definition) is 1. The van der Waals surface area contributed by atoms with E-state index in [0.29, 0.717) is 5.13 Å². The highest BCUT2D eigenvalue weighted by molar-refractivity contribution is 8.00. The van der Waals surface area contributed by atoms with Gasteiger partial charge in [-0.15, -0.1) is 10.2 Å². The molecule has 1 aromatic heterocycles. The number of nitrogens with zero attached hydrogens (tertiary/aromatic N) is 2. The molecule has 3 aromatic carbocycles. The van der Waals surface area contributed by atoms with Gasteiger partial charge in [0.2, 0.25) is 11.0 Å². The van der Waals surface area contributed by atoms with Crippen molar-refractivity contribution in [2.75, 3.05) is 12.4 Å². The maximum atomic E-state index is 12.2.